The number of carbonyl (C=O) groups excluding carboxylic acids is 1. The third kappa shape index (κ3) is 5.22. The van der Waals surface area contributed by atoms with Gasteiger partial charge in [0.15, 0.2) is 0 Å². The Morgan fingerprint density at radius 1 is 0.816 bits per heavy atom. The number of hydrogen-bond donors (Lipinski definition) is 1. The fourth-order valence-corrected chi connectivity index (χ4v) is 6.25. The third-order valence-corrected chi connectivity index (χ3v) is 8.30. The highest BCUT2D eigenvalue weighted by Crippen LogP contribution is 2.32. The summed E-state index contributed by atoms with van der Waals surface area (Å²) in [6.45, 7) is -0.549. The molecule has 0 aliphatic rings. The van der Waals surface area contributed by atoms with Crippen molar-refractivity contribution in [1.82, 2.24) is 5.43 Å². The molecule has 0 saturated carbocycles. The van der Waals surface area contributed by atoms with E-state index in [0.29, 0.717) is 5.02 Å². The Morgan fingerprint density at radius 2 is 1.42 bits per heavy atom. The van der Waals surface area contributed by atoms with Crippen LogP contribution in [0.4, 0.5) is 5.69 Å². The van der Waals surface area contributed by atoms with Gasteiger partial charge in [0.1, 0.15) is 6.54 Å². The van der Waals surface area contributed by atoms with Crippen LogP contribution in [-0.2, 0) is 14.8 Å². The second-order valence-corrected chi connectivity index (χ2v) is 11.2. The lowest BCUT2D eigenvalue weighted by molar-refractivity contribution is -0.119. The number of sulfonamides is 1. The minimum Gasteiger partial charge on any atom is -0.271 e. The Bertz CT molecular complexity index is 1740. The fourth-order valence-electron chi connectivity index (χ4n) is 4.23. The topological polar surface area (TPSA) is 78.8 Å². The van der Waals surface area contributed by atoms with Crippen molar-refractivity contribution < 1.29 is 13.2 Å². The number of nitrogens with zero attached hydrogens (tertiary/aromatic N) is 2. The largest absolute Gasteiger partial charge is 0.271 e. The van der Waals surface area contributed by atoms with E-state index in [9.17, 15) is 13.2 Å². The van der Waals surface area contributed by atoms with Gasteiger partial charge in [-0.05, 0) is 57.9 Å². The molecule has 9 heteroatoms. The molecule has 0 fully saturated rings. The van der Waals surface area contributed by atoms with Gasteiger partial charge in [-0.1, -0.05) is 89.9 Å². The zero-order chi connectivity index (χ0) is 26.7. The maximum atomic E-state index is 13.5. The van der Waals surface area contributed by atoms with Crippen LogP contribution < -0.4 is 9.73 Å². The number of anilines is 1. The molecule has 0 aromatic heterocycles. The molecule has 0 aliphatic carbocycles. The Balaban J connectivity index is 1.46. The summed E-state index contributed by atoms with van der Waals surface area (Å²) in [6, 6.07) is 30.1. The van der Waals surface area contributed by atoms with E-state index in [4.69, 9.17) is 23.2 Å². The van der Waals surface area contributed by atoms with E-state index in [0.717, 1.165) is 31.4 Å². The summed E-state index contributed by atoms with van der Waals surface area (Å²) in [6.07, 6.45) is 1.58. The first-order chi connectivity index (χ1) is 18.3. The van der Waals surface area contributed by atoms with Crippen molar-refractivity contribution in [2.45, 2.75) is 4.90 Å². The monoisotopic (exact) mass is 561 g/mol. The average Bonchev–Trinajstić information content (AvgIpc) is 2.92. The maximum absolute atomic E-state index is 13.5. The van der Waals surface area contributed by atoms with E-state index in [1.54, 1.807) is 24.4 Å². The molecule has 0 heterocycles. The first-order valence-corrected chi connectivity index (χ1v) is 13.8. The first-order valence-electron chi connectivity index (χ1n) is 11.6. The molecule has 190 valence electrons. The van der Waals surface area contributed by atoms with Gasteiger partial charge in [0.05, 0.1) is 21.8 Å². The molecule has 6 nitrogen and oxygen atoms in total. The Labute approximate surface area is 230 Å². The highest BCUT2D eigenvalue weighted by atomic mass is 35.5. The molecule has 38 heavy (non-hydrogen) atoms. The van der Waals surface area contributed by atoms with E-state index in [-0.39, 0.29) is 15.6 Å². The number of fused-ring (bicyclic) bond motifs is 2. The summed E-state index contributed by atoms with van der Waals surface area (Å²) >= 11 is 12.4. The number of amides is 1. The SMILES string of the molecule is O=C(CN(c1ccc(Cl)cc1Cl)S(=O)(=O)c1ccccc1)N/N=C\c1c2ccccc2cc2ccccc12. The summed E-state index contributed by atoms with van der Waals surface area (Å²) in [5, 5.41) is 8.64. The first kappa shape index (κ1) is 25.7. The van der Waals surface area contributed by atoms with E-state index < -0.39 is 22.5 Å². The summed E-state index contributed by atoms with van der Waals surface area (Å²) in [5.41, 5.74) is 3.44. The molecule has 0 spiro atoms. The number of halogens is 2. The van der Waals surface area contributed by atoms with Crippen LogP contribution in [0.5, 0.6) is 0 Å². The highest BCUT2D eigenvalue weighted by Gasteiger charge is 2.28. The molecule has 0 bridgehead atoms. The molecule has 5 aromatic rings. The van der Waals surface area contributed by atoms with Gasteiger partial charge < -0.3 is 0 Å². The Morgan fingerprint density at radius 3 is 2.05 bits per heavy atom. The van der Waals surface area contributed by atoms with Crippen molar-refractivity contribution in [2.24, 2.45) is 5.10 Å². The van der Waals surface area contributed by atoms with Crippen molar-refractivity contribution in [3.63, 3.8) is 0 Å². The summed E-state index contributed by atoms with van der Waals surface area (Å²) in [5.74, 6) is -0.642. The predicted octanol–water partition coefficient (Wildman–Crippen LogP) is 6.65. The van der Waals surface area contributed by atoms with Crippen molar-refractivity contribution >= 4 is 72.6 Å². The summed E-state index contributed by atoms with van der Waals surface area (Å²) in [4.78, 5) is 13.0. The molecule has 5 rings (SSSR count). The van der Waals surface area contributed by atoms with Gasteiger partial charge in [-0.3, -0.25) is 9.10 Å². The fraction of sp³-hybridized carbons (Fsp3) is 0.0345. The normalized spacial score (nSPS) is 11.7. The van der Waals surface area contributed by atoms with Gasteiger partial charge in [-0.15, -0.1) is 0 Å². The number of nitrogens with one attached hydrogen (secondary N) is 1. The molecule has 0 aliphatic heterocycles. The van der Waals surface area contributed by atoms with E-state index in [1.807, 2.05) is 48.5 Å². The van der Waals surface area contributed by atoms with Crippen LogP contribution in [-0.4, -0.2) is 27.1 Å². The molecular formula is C29H21Cl2N3O3S. The number of hydrazone groups is 1. The minimum absolute atomic E-state index is 0.0181. The number of benzene rings is 5. The van der Waals surface area contributed by atoms with Crippen LogP contribution in [0.1, 0.15) is 5.56 Å². The van der Waals surface area contributed by atoms with Crippen molar-refractivity contribution in [3.05, 3.63) is 119 Å². The number of rotatable bonds is 7. The van der Waals surface area contributed by atoms with Crippen molar-refractivity contribution in [3.8, 4) is 0 Å². The highest BCUT2D eigenvalue weighted by molar-refractivity contribution is 7.92. The maximum Gasteiger partial charge on any atom is 0.264 e. The standard InChI is InChI=1S/C29H21Cl2N3O3S/c30-22-14-15-28(27(31)17-22)34(38(36,37)23-10-2-1-3-11-23)19-29(35)33-32-18-26-24-12-6-4-8-20(24)16-21-9-5-7-13-25(21)26/h1-18H,19H2,(H,33,35)/b32-18-. The third-order valence-electron chi connectivity index (χ3n) is 5.99. The zero-order valence-corrected chi connectivity index (χ0v) is 22.2. The van der Waals surface area contributed by atoms with E-state index >= 15 is 0 Å². The minimum atomic E-state index is -4.13. The van der Waals surface area contributed by atoms with Crippen molar-refractivity contribution in [2.75, 3.05) is 10.8 Å². The van der Waals surface area contributed by atoms with Crippen LogP contribution in [0.15, 0.2) is 113 Å². The van der Waals surface area contributed by atoms with E-state index in [1.165, 1.54) is 30.3 Å². The van der Waals surface area contributed by atoms with Gasteiger partial charge in [0.2, 0.25) is 0 Å². The molecule has 5 aromatic carbocycles. The van der Waals surface area contributed by atoms with Gasteiger partial charge in [-0.2, -0.15) is 5.10 Å². The van der Waals surface area contributed by atoms with Crippen LogP contribution in [0.3, 0.4) is 0 Å². The quantitative estimate of drug-likeness (QED) is 0.137. The molecular weight excluding hydrogens is 541 g/mol. The second-order valence-electron chi connectivity index (χ2n) is 8.45. The molecule has 1 N–H and O–H groups in total. The molecule has 0 unspecified atom stereocenters. The summed E-state index contributed by atoms with van der Waals surface area (Å²) in [7, 11) is -4.13. The van der Waals surface area contributed by atoms with Crippen LogP contribution in [0.25, 0.3) is 21.5 Å². The molecule has 0 radical (unpaired) electrons. The molecule has 0 atom stereocenters. The van der Waals surface area contributed by atoms with Crippen molar-refractivity contribution in [1.29, 1.82) is 0 Å². The van der Waals surface area contributed by atoms with Gasteiger partial charge >= 0.3 is 0 Å². The zero-order valence-electron chi connectivity index (χ0n) is 19.9. The van der Waals surface area contributed by atoms with Crippen LogP contribution in [0, 0.1) is 0 Å². The number of hydrogen-bond acceptors (Lipinski definition) is 4. The average molecular weight is 562 g/mol. The summed E-state index contributed by atoms with van der Waals surface area (Å²) < 4.78 is 28.0. The smallest absolute Gasteiger partial charge is 0.264 e. The van der Waals surface area contributed by atoms with Gasteiger partial charge in [0.25, 0.3) is 15.9 Å². The molecule has 1 amide bonds. The Kier molecular flexibility index (Phi) is 7.33. The van der Waals surface area contributed by atoms with Gasteiger partial charge in [0, 0.05) is 10.6 Å². The molecule has 0 saturated heterocycles. The predicted molar refractivity (Wildman–Crippen MR) is 155 cm³/mol. The second kappa shape index (κ2) is 10.8. The number of carbonyl (C=O) groups is 1. The van der Waals surface area contributed by atoms with Crippen LogP contribution in [0.2, 0.25) is 10.0 Å². The Hall–Kier alpha value is -3.91. The lowest BCUT2D eigenvalue weighted by Crippen LogP contribution is -2.39. The van der Waals surface area contributed by atoms with Gasteiger partial charge in [-0.25, -0.2) is 13.8 Å². The lowest BCUT2D eigenvalue weighted by Gasteiger charge is -2.24. The van der Waals surface area contributed by atoms with E-state index in [2.05, 4.69) is 16.6 Å². The lowest BCUT2D eigenvalue weighted by atomic mass is 9.97. The van der Waals surface area contributed by atoms with Crippen LogP contribution >= 0.6 is 23.2 Å².